The molecule has 0 amide bonds. The number of ether oxygens (including phenoxy) is 2. The third-order valence-corrected chi connectivity index (χ3v) is 3.04. The van der Waals surface area contributed by atoms with Crippen molar-refractivity contribution in [3.63, 3.8) is 0 Å². The summed E-state index contributed by atoms with van der Waals surface area (Å²) in [7, 11) is 1.61. The van der Waals surface area contributed by atoms with E-state index in [2.05, 4.69) is 5.32 Å². The number of nitrogens with one attached hydrogen (secondary N) is 1. The Kier molecular flexibility index (Phi) is 5.46. The molecule has 1 unspecified atom stereocenters. The minimum Gasteiger partial charge on any atom is -0.497 e. The molecule has 0 aliphatic heterocycles. The highest BCUT2D eigenvalue weighted by Gasteiger charge is 2.06. The van der Waals surface area contributed by atoms with Gasteiger partial charge in [0.2, 0.25) is 0 Å². The third-order valence-electron chi connectivity index (χ3n) is 3.04. The zero-order chi connectivity index (χ0) is 15.1. The van der Waals surface area contributed by atoms with Gasteiger partial charge < -0.3 is 19.9 Å². The van der Waals surface area contributed by atoms with Crippen LogP contribution in [0.3, 0.4) is 0 Å². The van der Waals surface area contributed by atoms with E-state index in [0.29, 0.717) is 12.3 Å². The van der Waals surface area contributed by atoms with Crippen LogP contribution in [0, 0.1) is 6.92 Å². The molecule has 21 heavy (non-hydrogen) atoms. The summed E-state index contributed by atoms with van der Waals surface area (Å²) in [5.41, 5.74) is 2.18. The van der Waals surface area contributed by atoms with E-state index < -0.39 is 6.10 Å². The highest BCUT2D eigenvalue weighted by atomic mass is 16.5. The molecule has 0 aromatic heterocycles. The molecule has 4 nitrogen and oxygen atoms in total. The van der Waals surface area contributed by atoms with Gasteiger partial charge in [-0.2, -0.15) is 0 Å². The summed E-state index contributed by atoms with van der Waals surface area (Å²) in [4.78, 5) is 0. The molecule has 0 aliphatic rings. The van der Waals surface area contributed by atoms with Gasteiger partial charge in [-0.05, 0) is 36.8 Å². The van der Waals surface area contributed by atoms with Crippen molar-refractivity contribution in [2.45, 2.75) is 13.0 Å². The van der Waals surface area contributed by atoms with Crippen LogP contribution in [0.15, 0.2) is 48.5 Å². The number of methoxy groups -OCH3 is 1. The van der Waals surface area contributed by atoms with E-state index in [4.69, 9.17) is 9.47 Å². The van der Waals surface area contributed by atoms with Crippen molar-refractivity contribution in [2.24, 2.45) is 0 Å². The molecule has 0 saturated carbocycles. The van der Waals surface area contributed by atoms with E-state index in [1.165, 1.54) is 5.56 Å². The molecule has 0 radical (unpaired) electrons. The fraction of sp³-hybridized carbons (Fsp3) is 0.294. The zero-order valence-corrected chi connectivity index (χ0v) is 12.4. The minimum atomic E-state index is -0.586. The molecule has 112 valence electrons. The molecule has 0 heterocycles. The molecule has 2 N–H and O–H groups in total. The fourth-order valence-electron chi connectivity index (χ4n) is 1.93. The number of rotatable bonds is 7. The van der Waals surface area contributed by atoms with Crippen LogP contribution in [0.1, 0.15) is 5.56 Å². The van der Waals surface area contributed by atoms with Crippen LogP contribution in [0.4, 0.5) is 5.69 Å². The largest absolute Gasteiger partial charge is 0.497 e. The standard InChI is InChI=1S/C17H21NO3/c1-13-5-3-6-14(9-13)18-11-15(19)12-21-17-8-4-7-16(10-17)20-2/h3-10,15,18-19H,11-12H2,1-2H3. The van der Waals surface area contributed by atoms with Crippen molar-refractivity contribution in [1.82, 2.24) is 0 Å². The van der Waals surface area contributed by atoms with Gasteiger partial charge in [0.05, 0.1) is 7.11 Å². The molecular weight excluding hydrogens is 266 g/mol. The molecule has 0 fully saturated rings. The van der Waals surface area contributed by atoms with Crippen LogP contribution in [0.25, 0.3) is 0 Å². The second-order valence-electron chi connectivity index (χ2n) is 4.89. The number of hydrogen-bond donors (Lipinski definition) is 2. The first kappa shape index (κ1) is 15.2. The second kappa shape index (κ2) is 7.55. The van der Waals surface area contributed by atoms with E-state index in [0.717, 1.165) is 11.4 Å². The number of aryl methyl sites for hydroxylation is 1. The number of aliphatic hydroxyl groups excluding tert-OH is 1. The van der Waals surface area contributed by atoms with Crippen LogP contribution >= 0.6 is 0 Å². The van der Waals surface area contributed by atoms with E-state index in [9.17, 15) is 5.11 Å². The van der Waals surface area contributed by atoms with Crippen LogP contribution in [-0.4, -0.2) is 31.5 Å². The average Bonchev–Trinajstić information content (AvgIpc) is 2.51. The van der Waals surface area contributed by atoms with Crippen LogP contribution < -0.4 is 14.8 Å². The average molecular weight is 287 g/mol. The molecule has 0 bridgehead atoms. The summed E-state index contributed by atoms with van der Waals surface area (Å²) in [5.74, 6) is 1.42. The molecule has 2 aromatic rings. The van der Waals surface area contributed by atoms with Crippen molar-refractivity contribution in [3.05, 3.63) is 54.1 Å². The molecular formula is C17H21NO3. The van der Waals surface area contributed by atoms with Gasteiger partial charge in [0.15, 0.2) is 0 Å². The first-order valence-electron chi connectivity index (χ1n) is 6.93. The van der Waals surface area contributed by atoms with Crippen LogP contribution in [0.5, 0.6) is 11.5 Å². The van der Waals surface area contributed by atoms with E-state index >= 15 is 0 Å². The molecule has 0 saturated heterocycles. The van der Waals surface area contributed by atoms with Crippen molar-refractivity contribution < 1.29 is 14.6 Å². The first-order valence-corrected chi connectivity index (χ1v) is 6.93. The van der Waals surface area contributed by atoms with E-state index in [1.807, 2.05) is 49.4 Å². The van der Waals surface area contributed by atoms with Gasteiger partial charge in [-0.25, -0.2) is 0 Å². The predicted octanol–water partition coefficient (Wildman–Crippen LogP) is 2.86. The highest BCUT2D eigenvalue weighted by Crippen LogP contribution is 2.19. The van der Waals surface area contributed by atoms with Gasteiger partial charge in [0, 0.05) is 18.3 Å². The Bertz CT molecular complexity index is 571. The van der Waals surface area contributed by atoms with Crippen LogP contribution in [0.2, 0.25) is 0 Å². The quantitative estimate of drug-likeness (QED) is 0.822. The van der Waals surface area contributed by atoms with Crippen molar-refractivity contribution >= 4 is 5.69 Å². The predicted molar refractivity (Wildman–Crippen MR) is 84.2 cm³/mol. The number of aliphatic hydroxyl groups is 1. The van der Waals surface area contributed by atoms with E-state index in [-0.39, 0.29) is 6.61 Å². The fourth-order valence-corrected chi connectivity index (χ4v) is 1.93. The lowest BCUT2D eigenvalue weighted by Crippen LogP contribution is -2.26. The summed E-state index contributed by atoms with van der Waals surface area (Å²) >= 11 is 0. The maximum atomic E-state index is 9.95. The lowest BCUT2D eigenvalue weighted by molar-refractivity contribution is 0.117. The van der Waals surface area contributed by atoms with Crippen molar-refractivity contribution in [3.8, 4) is 11.5 Å². The van der Waals surface area contributed by atoms with Gasteiger partial charge >= 0.3 is 0 Å². The van der Waals surface area contributed by atoms with Gasteiger partial charge in [0.25, 0.3) is 0 Å². The highest BCUT2D eigenvalue weighted by molar-refractivity contribution is 5.45. The topological polar surface area (TPSA) is 50.7 Å². The van der Waals surface area contributed by atoms with Crippen molar-refractivity contribution in [1.29, 1.82) is 0 Å². The Balaban J connectivity index is 1.78. The Morgan fingerprint density at radius 3 is 2.62 bits per heavy atom. The SMILES string of the molecule is COc1cccc(OCC(O)CNc2cccc(C)c2)c1. The van der Waals surface area contributed by atoms with Gasteiger partial charge in [0.1, 0.15) is 24.2 Å². The Morgan fingerprint density at radius 1 is 1.10 bits per heavy atom. The third kappa shape index (κ3) is 5.00. The minimum absolute atomic E-state index is 0.228. The Morgan fingerprint density at radius 2 is 1.86 bits per heavy atom. The number of anilines is 1. The molecule has 0 spiro atoms. The number of benzene rings is 2. The van der Waals surface area contributed by atoms with E-state index in [1.54, 1.807) is 13.2 Å². The van der Waals surface area contributed by atoms with Gasteiger partial charge in [-0.15, -0.1) is 0 Å². The smallest absolute Gasteiger partial charge is 0.123 e. The molecule has 2 rings (SSSR count). The molecule has 4 heteroatoms. The lowest BCUT2D eigenvalue weighted by atomic mass is 10.2. The maximum absolute atomic E-state index is 9.95. The molecule has 2 aromatic carbocycles. The first-order chi connectivity index (χ1) is 10.2. The summed E-state index contributed by atoms with van der Waals surface area (Å²) in [6.45, 7) is 2.70. The summed E-state index contributed by atoms with van der Waals surface area (Å²) in [5, 5.41) is 13.1. The van der Waals surface area contributed by atoms with Gasteiger partial charge in [-0.3, -0.25) is 0 Å². The van der Waals surface area contributed by atoms with Crippen molar-refractivity contribution in [2.75, 3.05) is 25.6 Å². The zero-order valence-electron chi connectivity index (χ0n) is 12.4. The van der Waals surface area contributed by atoms with Gasteiger partial charge in [-0.1, -0.05) is 18.2 Å². The lowest BCUT2D eigenvalue weighted by Gasteiger charge is -2.14. The summed E-state index contributed by atoms with van der Waals surface area (Å²) in [6, 6.07) is 15.4. The number of hydrogen-bond acceptors (Lipinski definition) is 4. The maximum Gasteiger partial charge on any atom is 0.123 e. The molecule has 0 aliphatic carbocycles. The Labute approximate surface area is 125 Å². The molecule has 1 atom stereocenters. The normalized spacial score (nSPS) is 11.8. The summed E-state index contributed by atoms with van der Waals surface area (Å²) < 4.78 is 10.7. The monoisotopic (exact) mass is 287 g/mol. The van der Waals surface area contributed by atoms with Crippen LogP contribution in [-0.2, 0) is 0 Å². The summed E-state index contributed by atoms with van der Waals surface area (Å²) in [6.07, 6.45) is -0.586. The second-order valence-corrected chi connectivity index (χ2v) is 4.89. The Hall–Kier alpha value is -2.20.